The van der Waals surface area contributed by atoms with E-state index < -0.39 is 0 Å². The van der Waals surface area contributed by atoms with Crippen molar-refractivity contribution >= 4 is 12.2 Å². The summed E-state index contributed by atoms with van der Waals surface area (Å²) in [4.78, 5) is 0. The predicted molar refractivity (Wildman–Crippen MR) is 126 cm³/mol. The molecule has 0 saturated carbocycles. The van der Waals surface area contributed by atoms with Crippen LogP contribution in [0.2, 0.25) is 0 Å². The van der Waals surface area contributed by atoms with Gasteiger partial charge in [-0.15, -0.1) is 0 Å². The number of hydrogen-bond acceptors (Lipinski definition) is 0. The summed E-state index contributed by atoms with van der Waals surface area (Å²) in [5, 5.41) is 0. The van der Waals surface area contributed by atoms with E-state index in [0.29, 0.717) is 0 Å². The Balaban J connectivity index is 2.39. The average Bonchev–Trinajstić information content (AvgIpc) is 2.76. The van der Waals surface area contributed by atoms with Crippen molar-refractivity contribution in [1.82, 2.24) is 0 Å². The molecule has 0 heteroatoms. The van der Waals surface area contributed by atoms with Crippen LogP contribution in [0.1, 0.15) is 17.5 Å². The second kappa shape index (κ2) is 12.1. The standard InChI is InChI=1S/C28H28/c1-3-5-7-8-15-23-28(22-6-4-2,24-20-26-16-11-9-12-17-26)25-21-27-18-13-10-14-19-27/h3-22,24-25H,1-2,23H2. The Bertz CT molecular complexity index is 809. The highest BCUT2D eigenvalue weighted by Gasteiger charge is 2.18. The lowest BCUT2D eigenvalue weighted by molar-refractivity contribution is 0.647. The van der Waals surface area contributed by atoms with Gasteiger partial charge in [0.1, 0.15) is 0 Å². The normalized spacial score (nSPS) is 14.4. The lowest BCUT2D eigenvalue weighted by atomic mass is 9.82. The third-order valence-corrected chi connectivity index (χ3v) is 4.28. The van der Waals surface area contributed by atoms with Crippen LogP contribution >= 0.6 is 0 Å². The van der Waals surface area contributed by atoms with Crippen LogP contribution in [0.4, 0.5) is 0 Å². The molecule has 28 heavy (non-hydrogen) atoms. The van der Waals surface area contributed by atoms with E-state index in [4.69, 9.17) is 0 Å². The summed E-state index contributed by atoms with van der Waals surface area (Å²) >= 11 is 0. The first-order valence-electron chi connectivity index (χ1n) is 9.51. The Morgan fingerprint density at radius 1 is 0.607 bits per heavy atom. The van der Waals surface area contributed by atoms with Gasteiger partial charge in [0.15, 0.2) is 0 Å². The van der Waals surface area contributed by atoms with Crippen molar-refractivity contribution in [2.24, 2.45) is 5.41 Å². The van der Waals surface area contributed by atoms with E-state index in [1.807, 2.05) is 36.4 Å². The van der Waals surface area contributed by atoms with E-state index in [-0.39, 0.29) is 5.41 Å². The highest BCUT2D eigenvalue weighted by atomic mass is 14.2. The maximum Gasteiger partial charge on any atom is 0.0286 e. The van der Waals surface area contributed by atoms with E-state index in [2.05, 4.69) is 104 Å². The molecule has 0 nitrogen and oxygen atoms in total. The summed E-state index contributed by atoms with van der Waals surface area (Å²) in [6, 6.07) is 20.7. The molecule has 0 saturated heterocycles. The fourth-order valence-electron chi connectivity index (χ4n) is 2.74. The first-order chi connectivity index (χ1) is 13.8. The van der Waals surface area contributed by atoms with Gasteiger partial charge >= 0.3 is 0 Å². The molecule has 0 unspecified atom stereocenters. The second-order valence-corrected chi connectivity index (χ2v) is 6.45. The topological polar surface area (TPSA) is 0 Å². The van der Waals surface area contributed by atoms with Crippen LogP contribution in [0.5, 0.6) is 0 Å². The van der Waals surface area contributed by atoms with Crippen molar-refractivity contribution in [3.8, 4) is 0 Å². The van der Waals surface area contributed by atoms with Gasteiger partial charge in [-0.25, -0.2) is 0 Å². The summed E-state index contributed by atoms with van der Waals surface area (Å²) in [7, 11) is 0. The molecule has 0 aliphatic rings. The van der Waals surface area contributed by atoms with Gasteiger partial charge in [-0.3, -0.25) is 0 Å². The SMILES string of the molecule is C=CC=CC=CCC(C=CC=C)(C=Cc1ccccc1)C=Cc1ccccc1. The Kier molecular flexibility index (Phi) is 9.03. The van der Waals surface area contributed by atoms with Gasteiger partial charge in [-0.05, 0) is 17.5 Å². The van der Waals surface area contributed by atoms with E-state index >= 15 is 0 Å². The molecule has 0 heterocycles. The zero-order chi connectivity index (χ0) is 19.9. The zero-order valence-corrected chi connectivity index (χ0v) is 16.3. The largest absolute Gasteiger partial charge is 0.0991 e. The lowest BCUT2D eigenvalue weighted by Crippen LogP contribution is -2.10. The molecule has 2 aromatic rings. The molecule has 2 aromatic carbocycles. The van der Waals surface area contributed by atoms with Gasteiger partial charge in [-0.2, -0.15) is 0 Å². The van der Waals surface area contributed by atoms with Crippen molar-refractivity contribution in [1.29, 1.82) is 0 Å². The number of rotatable bonds is 10. The first kappa shape index (κ1) is 20.9. The van der Waals surface area contributed by atoms with Crippen molar-refractivity contribution in [2.45, 2.75) is 6.42 Å². The van der Waals surface area contributed by atoms with Crippen molar-refractivity contribution in [3.05, 3.63) is 146 Å². The molecular weight excluding hydrogens is 336 g/mol. The van der Waals surface area contributed by atoms with Crippen LogP contribution in [0, 0.1) is 5.41 Å². The number of allylic oxidation sites excluding steroid dienone is 10. The summed E-state index contributed by atoms with van der Waals surface area (Å²) < 4.78 is 0. The lowest BCUT2D eigenvalue weighted by Gasteiger charge is -2.22. The fraction of sp³-hybridized carbons (Fsp3) is 0.0714. The van der Waals surface area contributed by atoms with Gasteiger partial charge in [0, 0.05) is 5.41 Å². The van der Waals surface area contributed by atoms with Crippen molar-refractivity contribution in [3.63, 3.8) is 0 Å². The van der Waals surface area contributed by atoms with Gasteiger partial charge < -0.3 is 0 Å². The van der Waals surface area contributed by atoms with Gasteiger partial charge in [-0.1, -0.05) is 147 Å². The van der Waals surface area contributed by atoms with E-state index in [1.54, 1.807) is 6.08 Å². The summed E-state index contributed by atoms with van der Waals surface area (Å²) in [6.45, 7) is 7.55. The Labute approximate surface area is 170 Å². The monoisotopic (exact) mass is 364 g/mol. The molecule has 0 N–H and O–H groups in total. The Morgan fingerprint density at radius 2 is 1.14 bits per heavy atom. The summed E-state index contributed by atoms with van der Waals surface area (Å²) in [5.74, 6) is 0. The van der Waals surface area contributed by atoms with Crippen molar-refractivity contribution < 1.29 is 0 Å². The highest BCUT2D eigenvalue weighted by Crippen LogP contribution is 2.31. The first-order valence-corrected chi connectivity index (χ1v) is 9.51. The second-order valence-electron chi connectivity index (χ2n) is 6.45. The third-order valence-electron chi connectivity index (χ3n) is 4.28. The van der Waals surface area contributed by atoms with Crippen LogP contribution < -0.4 is 0 Å². The van der Waals surface area contributed by atoms with Crippen LogP contribution in [0.15, 0.2) is 135 Å². The molecule has 0 aromatic heterocycles. The molecule has 0 atom stereocenters. The average molecular weight is 365 g/mol. The molecule has 0 aliphatic carbocycles. The van der Waals surface area contributed by atoms with Crippen LogP contribution in [-0.4, -0.2) is 0 Å². The highest BCUT2D eigenvalue weighted by molar-refractivity contribution is 5.56. The predicted octanol–water partition coefficient (Wildman–Crippen LogP) is 7.83. The zero-order valence-electron chi connectivity index (χ0n) is 16.3. The third kappa shape index (κ3) is 7.47. The van der Waals surface area contributed by atoms with E-state index in [0.717, 1.165) is 6.42 Å². The molecule has 0 amide bonds. The van der Waals surface area contributed by atoms with Gasteiger partial charge in [0.05, 0.1) is 0 Å². The summed E-state index contributed by atoms with van der Waals surface area (Å²) in [5.41, 5.74) is 2.11. The number of benzene rings is 2. The number of hydrogen-bond donors (Lipinski definition) is 0. The molecule has 0 bridgehead atoms. The summed E-state index contributed by atoms with van der Waals surface area (Å²) in [6.07, 6.45) is 25.7. The molecule has 2 rings (SSSR count). The van der Waals surface area contributed by atoms with E-state index in [1.165, 1.54) is 11.1 Å². The minimum Gasteiger partial charge on any atom is -0.0991 e. The molecule has 0 aliphatic heterocycles. The Hall–Kier alpha value is -3.38. The molecule has 0 radical (unpaired) electrons. The Morgan fingerprint density at radius 3 is 1.64 bits per heavy atom. The van der Waals surface area contributed by atoms with Gasteiger partial charge in [0.2, 0.25) is 0 Å². The quantitative estimate of drug-likeness (QED) is 0.377. The molecule has 0 fully saturated rings. The smallest absolute Gasteiger partial charge is 0.0286 e. The maximum atomic E-state index is 3.85. The van der Waals surface area contributed by atoms with Crippen LogP contribution in [0.3, 0.4) is 0 Å². The minimum atomic E-state index is -0.252. The molecule has 0 spiro atoms. The van der Waals surface area contributed by atoms with Gasteiger partial charge in [0.25, 0.3) is 0 Å². The van der Waals surface area contributed by atoms with E-state index in [9.17, 15) is 0 Å². The molecule has 140 valence electrons. The van der Waals surface area contributed by atoms with Crippen molar-refractivity contribution in [2.75, 3.05) is 0 Å². The minimum absolute atomic E-state index is 0.252. The maximum absolute atomic E-state index is 3.85. The van der Waals surface area contributed by atoms with Crippen LogP contribution in [0.25, 0.3) is 12.2 Å². The fourth-order valence-corrected chi connectivity index (χ4v) is 2.74. The molecular formula is C28H28. The van der Waals surface area contributed by atoms with Crippen LogP contribution in [-0.2, 0) is 0 Å².